The molecule has 1 aromatic carbocycles. The van der Waals surface area contributed by atoms with Crippen molar-refractivity contribution in [2.75, 3.05) is 0 Å². The lowest BCUT2D eigenvalue weighted by molar-refractivity contribution is 0.0954. The van der Waals surface area contributed by atoms with Crippen molar-refractivity contribution >= 4 is 11.6 Å². The minimum absolute atomic E-state index is 0.128. The number of aromatic nitrogens is 1. The molecule has 21 heavy (non-hydrogen) atoms. The lowest BCUT2D eigenvalue weighted by Crippen LogP contribution is -2.22. The number of hydrogen-bond donors (Lipinski definition) is 2. The number of carbonyl (C=O) groups is 1. The van der Waals surface area contributed by atoms with Crippen LogP contribution in [0.25, 0.3) is 0 Å². The third kappa shape index (κ3) is 2.91. The van der Waals surface area contributed by atoms with Gasteiger partial charge >= 0.3 is 0 Å². The molecule has 2 aromatic rings. The maximum atomic E-state index is 12.0. The monoisotopic (exact) mass is 281 g/mol. The number of hydrogen-bond acceptors (Lipinski definition) is 4. The maximum absolute atomic E-state index is 12.0. The van der Waals surface area contributed by atoms with E-state index in [-0.39, 0.29) is 11.7 Å². The lowest BCUT2D eigenvalue weighted by atomic mass is 9.95. The molecule has 1 aliphatic carbocycles. The zero-order chi connectivity index (χ0) is 14.7. The molecule has 0 radical (unpaired) electrons. The summed E-state index contributed by atoms with van der Waals surface area (Å²) >= 11 is 0. The number of pyridine rings is 1. The van der Waals surface area contributed by atoms with Gasteiger partial charge in [0, 0.05) is 11.8 Å². The van der Waals surface area contributed by atoms with Crippen LogP contribution in [-0.2, 0) is 6.42 Å². The third-order valence-electron chi connectivity index (χ3n) is 3.45. The summed E-state index contributed by atoms with van der Waals surface area (Å²) in [5, 5.41) is 13.4. The number of fused-ring (bicyclic) bond motifs is 1. The second-order valence-corrected chi connectivity index (χ2v) is 4.91. The summed E-state index contributed by atoms with van der Waals surface area (Å²) in [5.74, 6) is -0.172. The summed E-state index contributed by atoms with van der Waals surface area (Å²) in [6, 6.07) is 10.0. The molecule has 1 heterocycles. The van der Waals surface area contributed by atoms with Gasteiger partial charge in [0.15, 0.2) is 0 Å². The molecular formula is C16H15N3O2. The van der Waals surface area contributed by atoms with Gasteiger partial charge in [-0.25, -0.2) is 5.43 Å². The van der Waals surface area contributed by atoms with Gasteiger partial charge in [-0.2, -0.15) is 5.10 Å². The molecule has 0 spiro atoms. The molecule has 1 aromatic heterocycles. The van der Waals surface area contributed by atoms with E-state index in [4.69, 9.17) is 0 Å². The number of benzene rings is 1. The molecule has 0 aliphatic heterocycles. The summed E-state index contributed by atoms with van der Waals surface area (Å²) in [7, 11) is 0. The number of aryl methyl sites for hydroxylation is 1. The first kappa shape index (κ1) is 13.3. The molecule has 106 valence electrons. The first-order valence-corrected chi connectivity index (χ1v) is 6.84. The Bertz CT molecular complexity index is 693. The second-order valence-electron chi connectivity index (χ2n) is 4.91. The van der Waals surface area contributed by atoms with Gasteiger partial charge in [-0.15, -0.1) is 0 Å². The number of nitrogens with zero attached hydrogens (tertiary/aromatic N) is 2. The van der Waals surface area contributed by atoms with E-state index in [1.807, 2.05) is 12.1 Å². The average molecular weight is 281 g/mol. The van der Waals surface area contributed by atoms with Crippen molar-refractivity contribution in [3.05, 3.63) is 59.4 Å². The van der Waals surface area contributed by atoms with Crippen molar-refractivity contribution < 1.29 is 9.90 Å². The average Bonchev–Trinajstić information content (AvgIpc) is 2.53. The Morgan fingerprint density at radius 3 is 2.81 bits per heavy atom. The van der Waals surface area contributed by atoms with Gasteiger partial charge in [-0.3, -0.25) is 9.78 Å². The number of amides is 1. The van der Waals surface area contributed by atoms with Gasteiger partial charge in [0.2, 0.25) is 0 Å². The minimum Gasteiger partial charge on any atom is -0.508 e. The maximum Gasteiger partial charge on any atom is 0.271 e. The van der Waals surface area contributed by atoms with Crippen LogP contribution >= 0.6 is 0 Å². The first-order chi connectivity index (χ1) is 10.2. The fourth-order valence-electron chi connectivity index (χ4n) is 2.37. The van der Waals surface area contributed by atoms with E-state index in [1.165, 1.54) is 17.7 Å². The minimum atomic E-state index is -0.300. The molecule has 1 amide bonds. The topological polar surface area (TPSA) is 74.6 Å². The molecule has 0 unspecified atom stereocenters. The smallest absolute Gasteiger partial charge is 0.271 e. The first-order valence-electron chi connectivity index (χ1n) is 6.84. The fourth-order valence-corrected chi connectivity index (χ4v) is 2.37. The van der Waals surface area contributed by atoms with Gasteiger partial charge < -0.3 is 5.11 Å². The molecular weight excluding hydrogens is 266 g/mol. The van der Waals surface area contributed by atoms with E-state index in [2.05, 4.69) is 15.5 Å². The number of hydrazone groups is 1. The van der Waals surface area contributed by atoms with Crippen LogP contribution in [0.15, 0.2) is 47.7 Å². The Labute approximate surface area is 122 Å². The summed E-state index contributed by atoms with van der Waals surface area (Å²) in [4.78, 5) is 16.3. The van der Waals surface area contributed by atoms with Gasteiger partial charge in [0.25, 0.3) is 5.91 Å². The largest absolute Gasteiger partial charge is 0.508 e. The number of nitrogens with one attached hydrogen (secondary N) is 1. The third-order valence-corrected chi connectivity index (χ3v) is 3.45. The summed E-state index contributed by atoms with van der Waals surface area (Å²) in [5.41, 5.74) is 5.86. The SMILES string of the molecule is O=C(N/N=C1\CCCc2cccnc21)c1ccc(O)cc1. The summed E-state index contributed by atoms with van der Waals surface area (Å²) in [6.07, 6.45) is 4.54. The van der Waals surface area contributed by atoms with E-state index >= 15 is 0 Å². The Balaban J connectivity index is 1.78. The molecule has 0 atom stereocenters. The molecule has 0 saturated carbocycles. The van der Waals surface area contributed by atoms with E-state index < -0.39 is 0 Å². The molecule has 0 bridgehead atoms. The van der Waals surface area contributed by atoms with Crippen molar-refractivity contribution in [2.24, 2.45) is 5.10 Å². The Kier molecular flexibility index (Phi) is 3.64. The number of aromatic hydroxyl groups is 1. The van der Waals surface area contributed by atoms with Crippen LogP contribution in [0.3, 0.4) is 0 Å². The fraction of sp³-hybridized carbons (Fsp3) is 0.188. The van der Waals surface area contributed by atoms with Crippen LogP contribution in [0, 0.1) is 0 Å². The number of phenols is 1. The van der Waals surface area contributed by atoms with E-state index in [0.29, 0.717) is 5.56 Å². The predicted molar refractivity (Wildman–Crippen MR) is 79.3 cm³/mol. The molecule has 2 N–H and O–H groups in total. The van der Waals surface area contributed by atoms with Gasteiger partial charge in [-0.1, -0.05) is 6.07 Å². The zero-order valence-corrected chi connectivity index (χ0v) is 11.4. The van der Waals surface area contributed by atoms with Crippen LogP contribution in [-0.4, -0.2) is 21.7 Å². The van der Waals surface area contributed by atoms with Crippen molar-refractivity contribution in [3.63, 3.8) is 0 Å². The standard InChI is InChI=1S/C16H15N3O2/c20-13-8-6-12(7-9-13)16(21)19-18-14-5-1-3-11-4-2-10-17-15(11)14/h2,4,6-10,20H,1,3,5H2,(H,19,21)/b18-14+. The van der Waals surface area contributed by atoms with Crippen LogP contribution in [0.5, 0.6) is 5.75 Å². The summed E-state index contributed by atoms with van der Waals surface area (Å²) < 4.78 is 0. The van der Waals surface area contributed by atoms with Crippen LogP contribution in [0.1, 0.15) is 34.5 Å². The quantitative estimate of drug-likeness (QED) is 0.829. The van der Waals surface area contributed by atoms with Crippen LogP contribution < -0.4 is 5.43 Å². The van der Waals surface area contributed by atoms with E-state index in [1.54, 1.807) is 18.3 Å². The van der Waals surface area contributed by atoms with Crippen molar-refractivity contribution in [2.45, 2.75) is 19.3 Å². The molecule has 5 nitrogen and oxygen atoms in total. The predicted octanol–water partition coefficient (Wildman–Crippen LogP) is 2.26. The van der Waals surface area contributed by atoms with Crippen LogP contribution in [0.4, 0.5) is 0 Å². The van der Waals surface area contributed by atoms with Gasteiger partial charge in [0.05, 0.1) is 11.4 Å². The zero-order valence-electron chi connectivity index (χ0n) is 11.4. The van der Waals surface area contributed by atoms with Gasteiger partial charge in [0.1, 0.15) is 5.75 Å². The number of rotatable bonds is 2. The Morgan fingerprint density at radius 1 is 1.19 bits per heavy atom. The molecule has 0 saturated heterocycles. The Hall–Kier alpha value is -2.69. The van der Waals surface area contributed by atoms with E-state index in [0.717, 1.165) is 30.7 Å². The van der Waals surface area contributed by atoms with Gasteiger partial charge in [-0.05, 0) is 55.2 Å². The van der Waals surface area contributed by atoms with Crippen molar-refractivity contribution in [3.8, 4) is 5.75 Å². The molecule has 3 rings (SSSR count). The van der Waals surface area contributed by atoms with E-state index in [9.17, 15) is 9.90 Å². The summed E-state index contributed by atoms with van der Waals surface area (Å²) in [6.45, 7) is 0. The van der Waals surface area contributed by atoms with Crippen molar-refractivity contribution in [1.29, 1.82) is 0 Å². The Morgan fingerprint density at radius 2 is 2.00 bits per heavy atom. The van der Waals surface area contributed by atoms with Crippen molar-refractivity contribution in [1.82, 2.24) is 10.4 Å². The number of carbonyl (C=O) groups excluding carboxylic acids is 1. The molecule has 1 aliphatic rings. The highest BCUT2D eigenvalue weighted by molar-refractivity contribution is 6.02. The normalized spacial score (nSPS) is 15.5. The molecule has 5 heteroatoms. The number of phenolic OH excluding ortho intramolecular Hbond substituents is 1. The van der Waals surface area contributed by atoms with Crippen LogP contribution in [0.2, 0.25) is 0 Å². The highest BCUT2D eigenvalue weighted by atomic mass is 16.3. The molecule has 0 fully saturated rings. The highest BCUT2D eigenvalue weighted by Gasteiger charge is 2.16. The second kappa shape index (κ2) is 5.75. The highest BCUT2D eigenvalue weighted by Crippen LogP contribution is 2.19. The lowest BCUT2D eigenvalue weighted by Gasteiger charge is -2.16.